The Morgan fingerprint density at radius 3 is 3.00 bits per heavy atom. The highest BCUT2D eigenvalue weighted by molar-refractivity contribution is 5.22. The van der Waals surface area contributed by atoms with Gasteiger partial charge in [0.25, 0.3) is 5.56 Å². The average molecular weight is 170 g/mol. The number of hydrazine groups is 1. The highest BCUT2D eigenvalue weighted by Crippen LogP contribution is 1.92. The molecule has 0 saturated heterocycles. The Bertz CT molecular complexity index is 309. The number of nitrogens with one attached hydrogen (secondary N) is 2. The van der Waals surface area contributed by atoms with Crippen LogP contribution in [0.25, 0.3) is 0 Å². The van der Waals surface area contributed by atoms with Crippen molar-refractivity contribution >= 4 is 5.95 Å². The summed E-state index contributed by atoms with van der Waals surface area (Å²) in [4.78, 5) is 17.3. The summed E-state index contributed by atoms with van der Waals surface area (Å²) in [6, 6.07) is 0. The maximum atomic E-state index is 11.1. The van der Waals surface area contributed by atoms with Crippen LogP contribution in [0.4, 0.5) is 5.95 Å². The van der Waals surface area contributed by atoms with Crippen LogP contribution in [0.5, 0.6) is 0 Å². The fraction of sp³-hybridized carbons (Fsp3) is 0.333. The fourth-order valence-electron chi connectivity index (χ4n) is 0.793. The van der Waals surface area contributed by atoms with E-state index in [-0.39, 0.29) is 18.1 Å². The number of hydrogen-bond acceptors (Lipinski definition) is 5. The van der Waals surface area contributed by atoms with Gasteiger partial charge in [0.05, 0.1) is 0 Å². The lowest BCUT2D eigenvalue weighted by molar-refractivity contribution is 0.299. The number of aliphatic hydroxyl groups is 1. The van der Waals surface area contributed by atoms with Crippen molar-refractivity contribution in [2.45, 2.75) is 6.42 Å². The van der Waals surface area contributed by atoms with Crippen molar-refractivity contribution in [1.29, 1.82) is 0 Å². The monoisotopic (exact) mass is 170 g/mol. The lowest BCUT2D eigenvalue weighted by Gasteiger charge is -1.99. The van der Waals surface area contributed by atoms with Crippen molar-refractivity contribution in [3.63, 3.8) is 0 Å². The molecule has 0 aliphatic rings. The minimum absolute atomic E-state index is 0.0693. The number of anilines is 1. The maximum absolute atomic E-state index is 11.1. The van der Waals surface area contributed by atoms with Gasteiger partial charge in [-0.25, -0.2) is 10.8 Å². The largest absolute Gasteiger partial charge is 0.396 e. The highest BCUT2D eigenvalue weighted by atomic mass is 16.3. The Balaban J connectivity index is 2.96. The van der Waals surface area contributed by atoms with E-state index in [0.717, 1.165) is 0 Å². The van der Waals surface area contributed by atoms with Gasteiger partial charge in [-0.2, -0.15) is 0 Å². The normalized spacial score (nSPS) is 9.83. The van der Waals surface area contributed by atoms with E-state index in [1.165, 1.54) is 6.20 Å². The molecule has 0 aromatic carbocycles. The quantitative estimate of drug-likeness (QED) is 0.329. The van der Waals surface area contributed by atoms with E-state index in [1.807, 2.05) is 0 Å². The summed E-state index contributed by atoms with van der Waals surface area (Å²) in [6.45, 7) is -0.0693. The second-order valence-electron chi connectivity index (χ2n) is 2.20. The van der Waals surface area contributed by atoms with Gasteiger partial charge in [-0.1, -0.05) is 0 Å². The molecule has 0 saturated carbocycles. The van der Waals surface area contributed by atoms with Crippen molar-refractivity contribution in [1.82, 2.24) is 9.97 Å². The van der Waals surface area contributed by atoms with Crippen molar-refractivity contribution < 1.29 is 5.11 Å². The molecule has 0 bridgehead atoms. The molecular formula is C6H10N4O2. The summed E-state index contributed by atoms with van der Waals surface area (Å²) in [6.07, 6.45) is 1.68. The zero-order chi connectivity index (χ0) is 8.97. The molecule has 5 N–H and O–H groups in total. The van der Waals surface area contributed by atoms with E-state index >= 15 is 0 Å². The van der Waals surface area contributed by atoms with Gasteiger partial charge in [-0.15, -0.1) is 0 Å². The standard InChI is InChI=1S/C6H10N4O2/c7-10-6-8-3-4(1-2-11)5(12)9-6/h3,11H,1-2,7H2,(H2,8,9,10,12). The van der Waals surface area contributed by atoms with Crippen LogP contribution in [0.3, 0.4) is 0 Å². The number of aromatic nitrogens is 2. The Morgan fingerprint density at radius 2 is 2.50 bits per heavy atom. The Hall–Kier alpha value is -1.40. The van der Waals surface area contributed by atoms with Crippen LogP contribution >= 0.6 is 0 Å². The lowest BCUT2D eigenvalue weighted by Crippen LogP contribution is -2.19. The van der Waals surface area contributed by atoms with Crippen LogP contribution in [0, 0.1) is 0 Å². The van der Waals surface area contributed by atoms with Crippen molar-refractivity contribution in [2.75, 3.05) is 12.0 Å². The molecule has 0 atom stereocenters. The maximum Gasteiger partial charge on any atom is 0.255 e. The number of rotatable bonds is 3. The number of nitrogen functional groups attached to an aromatic ring is 1. The third-order valence-corrected chi connectivity index (χ3v) is 1.39. The Labute approximate surface area is 68.4 Å². The molecule has 1 rings (SSSR count). The molecule has 0 aliphatic carbocycles. The molecule has 12 heavy (non-hydrogen) atoms. The first-order chi connectivity index (χ1) is 5.77. The smallest absolute Gasteiger partial charge is 0.255 e. The van der Waals surface area contributed by atoms with Gasteiger partial charge in [-0.3, -0.25) is 15.2 Å². The molecule has 0 spiro atoms. The van der Waals surface area contributed by atoms with Gasteiger partial charge in [0.15, 0.2) is 0 Å². The van der Waals surface area contributed by atoms with Crippen molar-refractivity contribution in [3.05, 3.63) is 22.1 Å². The van der Waals surface area contributed by atoms with Crippen LogP contribution in [0.1, 0.15) is 5.56 Å². The molecular weight excluding hydrogens is 160 g/mol. The second-order valence-corrected chi connectivity index (χ2v) is 2.20. The second kappa shape index (κ2) is 3.84. The fourth-order valence-corrected chi connectivity index (χ4v) is 0.793. The average Bonchev–Trinajstić information content (AvgIpc) is 2.09. The highest BCUT2D eigenvalue weighted by Gasteiger charge is 1.99. The molecule has 0 unspecified atom stereocenters. The molecule has 1 heterocycles. The predicted octanol–water partition coefficient (Wildman–Crippen LogP) is -1.41. The molecule has 6 nitrogen and oxygen atoms in total. The first kappa shape index (κ1) is 8.69. The van der Waals surface area contributed by atoms with Crippen LogP contribution in [-0.4, -0.2) is 21.7 Å². The van der Waals surface area contributed by atoms with Gasteiger partial charge >= 0.3 is 0 Å². The third-order valence-electron chi connectivity index (χ3n) is 1.39. The first-order valence-corrected chi connectivity index (χ1v) is 3.43. The van der Waals surface area contributed by atoms with E-state index in [0.29, 0.717) is 12.0 Å². The molecule has 0 radical (unpaired) electrons. The minimum Gasteiger partial charge on any atom is -0.396 e. The number of aromatic amines is 1. The summed E-state index contributed by atoms with van der Waals surface area (Å²) < 4.78 is 0. The number of aliphatic hydroxyl groups excluding tert-OH is 1. The van der Waals surface area contributed by atoms with E-state index in [2.05, 4.69) is 15.4 Å². The molecule has 0 amide bonds. The van der Waals surface area contributed by atoms with Gasteiger partial charge in [-0.05, 0) is 0 Å². The molecule has 1 aromatic heterocycles. The van der Waals surface area contributed by atoms with E-state index in [4.69, 9.17) is 10.9 Å². The van der Waals surface area contributed by atoms with Gasteiger partial charge in [0.2, 0.25) is 5.95 Å². The van der Waals surface area contributed by atoms with Crippen molar-refractivity contribution in [3.8, 4) is 0 Å². The lowest BCUT2D eigenvalue weighted by atomic mass is 10.2. The summed E-state index contributed by atoms with van der Waals surface area (Å²) in [5.41, 5.74) is 2.36. The summed E-state index contributed by atoms with van der Waals surface area (Å²) >= 11 is 0. The third kappa shape index (κ3) is 1.80. The number of nitrogens with two attached hydrogens (primary N) is 1. The summed E-state index contributed by atoms with van der Waals surface area (Å²) in [5.74, 6) is 5.22. The van der Waals surface area contributed by atoms with Gasteiger partial charge in [0, 0.05) is 24.8 Å². The summed E-state index contributed by atoms with van der Waals surface area (Å²) in [7, 11) is 0. The van der Waals surface area contributed by atoms with Crippen LogP contribution < -0.4 is 16.8 Å². The predicted molar refractivity (Wildman–Crippen MR) is 43.5 cm³/mol. The van der Waals surface area contributed by atoms with Gasteiger partial charge < -0.3 is 5.11 Å². The van der Waals surface area contributed by atoms with E-state index in [1.54, 1.807) is 0 Å². The Kier molecular flexibility index (Phi) is 2.78. The van der Waals surface area contributed by atoms with E-state index < -0.39 is 0 Å². The molecule has 6 heteroatoms. The SMILES string of the molecule is NNc1ncc(CCO)c(=O)[nH]1. The van der Waals surface area contributed by atoms with Crippen LogP contribution in [0.15, 0.2) is 11.0 Å². The number of H-pyrrole nitrogens is 1. The number of hydrogen-bond donors (Lipinski definition) is 4. The number of nitrogens with zero attached hydrogens (tertiary/aromatic N) is 1. The summed E-state index contributed by atoms with van der Waals surface area (Å²) in [5, 5.41) is 8.55. The molecule has 66 valence electrons. The molecule has 0 aliphatic heterocycles. The van der Waals surface area contributed by atoms with Gasteiger partial charge in [0.1, 0.15) is 0 Å². The van der Waals surface area contributed by atoms with Crippen molar-refractivity contribution in [2.24, 2.45) is 5.84 Å². The molecule has 0 fully saturated rings. The minimum atomic E-state index is -0.285. The zero-order valence-electron chi connectivity index (χ0n) is 6.37. The topological polar surface area (TPSA) is 104 Å². The zero-order valence-corrected chi connectivity index (χ0v) is 6.37. The first-order valence-electron chi connectivity index (χ1n) is 3.43. The molecule has 1 aromatic rings. The Morgan fingerprint density at radius 1 is 1.75 bits per heavy atom. The van der Waals surface area contributed by atoms with Crippen LogP contribution in [-0.2, 0) is 6.42 Å². The van der Waals surface area contributed by atoms with E-state index in [9.17, 15) is 4.79 Å². The van der Waals surface area contributed by atoms with Crippen LogP contribution in [0.2, 0.25) is 0 Å².